The lowest BCUT2D eigenvalue weighted by Crippen LogP contribution is -2.30. The van der Waals surface area contributed by atoms with Gasteiger partial charge in [-0.25, -0.2) is 0 Å². The molecule has 0 aromatic carbocycles. The topological polar surface area (TPSA) is 31.4 Å². The molecule has 0 aliphatic carbocycles. The standard InChI is InChI=1S/C14H16ClNO2S/c1-4-14(8-17-13(2,3)18-14)11-7-10-12(19-11)9(15)5-6-16-10/h5-7H,4,8H2,1-3H3. The molecule has 0 spiro atoms. The summed E-state index contributed by atoms with van der Waals surface area (Å²) in [6.45, 7) is 6.58. The van der Waals surface area contributed by atoms with Crippen LogP contribution in [-0.2, 0) is 15.1 Å². The number of nitrogens with zero attached hydrogens (tertiary/aromatic N) is 1. The van der Waals surface area contributed by atoms with Crippen molar-refractivity contribution in [3.8, 4) is 0 Å². The van der Waals surface area contributed by atoms with Crippen LogP contribution >= 0.6 is 22.9 Å². The Morgan fingerprint density at radius 1 is 1.47 bits per heavy atom. The van der Waals surface area contributed by atoms with Gasteiger partial charge in [-0.3, -0.25) is 4.98 Å². The Labute approximate surface area is 121 Å². The molecule has 0 radical (unpaired) electrons. The molecule has 0 saturated carbocycles. The minimum atomic E-state index is -0.538. The highest BCUT2D eigenvalue weighted by molar-refractivity contribution is 7.19. The Bertz CT molecular complexity index is 625. The Morgan fingerprint density at radius 3 is 2.84 bits per heavy atom. The van der Waals surface area contributed by atoms with Gasteiger partial charge in [0.05, 0.1) is 21.8 Å². The van der Waals surface area contributed by atoms with Crippen molar-refractivity contribution < 1.29 is 9.47 Å². The van der Waals surface area contributed by atoms with Crippen LogP contribution in [0.2, 0.25) is 5.02 Å². The van der Waals surface area contributed by atoms with Gasteiger partial charge in [0.2, 0.25) is 0 Å². The van der Waals surface area contributed by atoms with E-state index in [-0.39, 0.29) is 5.60 Å². The molecule has 0 N–H and O–H groups in total. The van der Waals surface area contributed by atoms with E-state index in [0.717, 1.165) is 26.5 Å². The van der Waals surface area contributed by atoms with Gasteiger partial charge in [-0.05, 0) is 32.4 Å². The summed E-state index contributed by atoms with van der Waals surface area (Å²) in [4.78, 5) is 5.50. The summed E-state index contributed by atoms with van der Waals surface area (Å²) in [5, 5.41) is 0.741. The number of pyridine rings is 1. The van der Waals surface area contributed by atoms with Gasteiger partial charge in [-0.2, -0.15) is 0 Å². The normalized spacial score (nSPS) is 26.1. The van der Waals surface area contributed by atoms with Crippen molar-refractivity contribution in [2.75, 3.05) is 6.61 Å². The first-order chi connectivity index (χ1) is 8.96. The Balaban J connectivity index is 2.10. The van der Waals surface area contributed by atoms with Gasteiger partial charge in [0.15, 0.2) is 5.79 Å². The summed E-state index contributed by atoms with van der Waals surface area (Å²) >= 11 is 7.87. The zero-order valence-corrected chi connectivity index (χ0v) is 12.8. The minimum Gasteiger partial charge on any atom is -0.347 e. The summed E-state index contributed by atoms with van der Waals surface area (Å²) in [6.07, 6.45) is 2.59. The number of ether oxygens (including phenoxy) is 2. The highest BCUT2D eigenvalue weighted by atomic mass is 35.5. The lowest BCUT2D eigenvalue weighted by atomic mass is 10.00. The summed E-state index contributed by atoms with van der Waals surface area (Å²) < 4.78 is 12.9. The number of hydrogen-bond acceptors (Lipinski definition) is 4. The van der Waals surface area contributed by atoms with E-state index >= 15 is 0 Å². The van der Waals surface area contributed by atoms with Gasteiger partial charge in [0.1, 0.15) is 5.60 Å². The molecular formula is C14H16ClNO2S. The van der Waals surface area contributed by atoms with Crippen LogP contribution in [0.5, 0.6) is 0 Å². The Hall–Kier alpha value is -0.680. The lowest BCUT2D eigenvalue weighted by molar-refractivity contribution is -0.163. The molecule has 0 amide bonds. The lowest BCUT2D eigenvalue weighted by Gasteiger charge is -2.26. The molecule has 102 valence electrons. The maximum Gasteiger partial charge on any atom is 0.164 e. The summed E-state index contributed by atoms with van der Waals surface area (Å²) in [5.74, 6) is -0.538. The third-order valence-corrected chi connectivity index (χ3v) is 5.25. The average Bonchev–Trinajstić information content (AvgIpc) is 2.92. The van der Waals surface area contributed by atoms with Gasteiger partial charge < -0.3 is 9.47 Å². The molecule has 1 fully saturated rings. The third-order valence-electron chi connectivity index (χ3n) is 3.48. The van der Waals surface area contributed by atoms with Crippen LogP contribution in [0.4, 0.5) is 0 Å². The number of thiophene rings is 1. The van der Waals surface area contributed by atoms with Gasteiger partial charge >= 0.3 is 0 Å². The second-order valence-electron chi connectivity index (χ2n) is 5.26. The van der Waals surface area contributed by atoms with E-state index in [9.17, 15) is 0 Å². The molecule has 1 unspecified atom stereocenters. The fraction of sp³-hybridized carbons (Fsp3) is 0.500. The second-order valence-corrected chi connectivity index (χ2v) is 6.72. The van der Waals surface area contributed by atoms with Crippen LogP contribution in [-0.4, -0.2) is 17.4 Å². The highest BCUT2D eigenvalue weighted by Crippen LogP contribution is 2.45. The molecule has 3 heterocycles. The van der Waals surface area contributed by atoms with Crippen molar-refractivity contribution in [2.45, 2.75) is 38.6 Å². The molecule has 3 rings (SSSR count). The Morgan fingerprint density at radius 2 is 2.26 bits per heavy atom. The molecule has 0 bridgehead atoms. The van der Waals surface area contributed by atoms with Gasteiger partial charge in [0, 0.05) is 11.1 Å². The molecule has 1 aliphatic rings. The van der Waals surface area contributed by atoms with Crippen molar-refractivity contribution in [1.82, 2.24) is 4.98 Å². The van der Waals surface area contributed by atoms with E-state index in [1.54, 1.807) is 17.5 Å². The number of rotatable bonds is 2. The molecule has 2 aromatic heterocycles. The highest BCUT2D eigenvalue weighted by Gasteiger charge is 2.46. The van der Waals surface area contributed by atoms with E-state index in [1.165, 1.54) is 0 Å². The van der Waals surface area contributed by atoms with Crippen LogP contribution in [0.25, 0.3) is 10.2 Å². The van der Waals surface area contributed by atoms with E-state index in [0.29, 0.717) is 6.61 Å². The minimum absolute atomic E-state index is 0.377. The van der Waals surface area contributed by atoms with Crippen molar-refractivity contribution in [3.63, 3.8) is 0 Å². The summed E-state index contributed by atoms with van der Waals surface area (Å²) in [6, 6.07) is 3.89. The number of halogens is 1. The maximum atomic E-state index is 6.22. The molecule has 2 aromatic rings. The quantitative estimate of drug-likeness (QED) is 0.826. The van der Waals surface area contributed by atoms with Crippen LogP contribution in [0.3, 0.4) is 0 Å². The number of hydrogen-bond donors (Lipinski definition) is 0. The third kappa shape index (κ3) is 2.17. The van der Waals surface area contributed by atoms with Crippen LogP contribution in [0, 0.1) is 0 Å². The van der Waals surface area contributed by atoms with E-state index in [2.05, 4.69) is 18.0 Å². The van der Waals surface area contributed by atoms with Crippen LogP contribution in [0.1, 0.15) is 32.1 Å². The average molecular weight is 298 g/mol. The first-order valence-corrected chi connectivity index (χ1v) is 7.54. The van der Waals surface area contributed by atoms with Crippen molar-refractivity contribution in [2.24, 2.45) is 0 Å². The zero-order chi connectivity index (χ0) is 13.7. The van der Waals surface area contributed by atoms with Crippen molar-refractivity contribution in [1.29, 1.82) is 0 Å². The number of fused-ring (bicyclic) bond motifs is 1. The summed E-state index contributed by atoms with van der Waals surface area (Å²) in [7, 11) is 0. The van der Waals surface area contributed by atoms with Crippen LogP contribution < -0.4 is 0 Å². The first-order valence-electron chi connectivity index (χ1n) is 6.34. The molecule has 19 heavy (non-hydrogen) atoms. The van der Waals surface area contributed by atoms with Gasteiger partial charge in [-0.1, -0.05) is 18.5 Å². The first kappa shape index (κ1) is 13.3. The predicted octanol–water partition coefficient (Wildman–Crippen LogP) is 4.34. The zero-order valence-electron chi connectivity index (χ0n) is 11.2. The maximum absolute atomic E-state index is 6.22. The SMILES string of the molecule is CCC1(c2cc3nccc(Cl)c3s2)COC(C)(C)O1. The fourth-order valence-electron chi connectivity index (χ4n) is 2.42. The second kappa shape index (κ2) is 4.42. The number of aromatic nitrogens is 1. The smallest absolute Gasteiger partial charge is 0.164 e. The fourth-order valence-corrected chi connectivity index (χ4v) is 3.89. The predicted molar refractivity (Wildman–Crippen MR) is 77.7 cm³/mol. The molecule has 1 aliphatic heterocycles. The van der Waals surface area contributed by atoms with Crippen LogP contribution in [0.15, 0.2) is 18.3 Å². The van der Waals surface area contributed by atoms with Crippen molar-refractivity contribution in [3.05, 3.63) is 28.2 Å². The monoisotopic (exact) mass is 297 g/mol. The van der Waals surface area contributed by atoms with Gasteiger partial charge in [-0.15, -0.1) is 11.3 Å². The van der Waals surface area contributed by atoms with E-state index in [4.69, 9.17) is 21.1 Å². The summed E-state index contributed by atoms with van der Waals surface area (Å²) in [5.41, 5.74) is 0.548. The van der Waals surface area contributed by atoms with E-state index < -0.39 is 5.79 Å². The molecular weight excluding hydrogens is 282 g/mol. The van der Waals surface area contributed by atoms with E-state index in [1.807, 2.05) is 19.9 Å². The molecule has 3 nitrogen and oxygen atoms in total. The molecule has 1 atom stereocenters. The molecule has 5 heteroatoms. The Kier molecular flexibility index (Phi) is 3.09. The molecule has 1 saturated heterocycles. The largest absolute Gasteiger partial charge is 0.347 e. The van der Waals surface area contributed by atoms with Crippen molar-refractivity contribution >= 4 is 33.2 Å². The van der Waals surface area contributed by atoms with Gasteiger partial charge in [0.25, 0.3) is 0 Å².